The van der Waals surface area contributed by atoms with Crippen molar-refractivity contribution in [3.05, 3.63) is 60.0 Å². The van der Waals surface area contributed by atoms with Gasteiger partial charge in [0.25, 0.3) is 5.91 Å². The first-order valence-corrected chi connectivity index (χ1v) is 13.4. The highest BCUT2D eigenvalue weighted by atomic mass is 16.3. The molecule has 2 aromatic heterocycles. The van der Waals surface area contributed by atoms with E-state index < -0.39 is 16.6 Å². The fourth-order valence-corrected chi connectivity index (χ4v) is 3.89. The Bertz CT molecular complexity index is 1340. The number of nitrogens with one attached hydrogen (secondary N) is 3. The number of imidazole rings is 1. The third-order valence-corrected chi connectivity index (χ3v) is 7.18. The average molecular weight is 536 g/mol. The van der Waals surface area contributed by atoms with Crippen molar-refractivity contribution in [3.63, 3.8) is 0 Å². The number of pyridine rings is 1. The topological polar surface area (TPSA) is 125 Å². The first kappa shape index (κ1) is 30.0. The molecule has 0 aliphatic heterocycles. The molecular formula is C30H41N5O4. The van der Waals surface area contributed by atoms with E-state index in [0.717, 1.165) is 0 Å². The Labute approximate surface area is 230 Å². The standard InChI is InChI=1S/C30H41N5O4/c1-8-29(6,39)16-17-31-30(7,9-2)27(38)33-21-12-10-20(11-13-21)26(37)32-22-14-15-24-34-23(19-35(24)18-22)25(36)28(3,4)5/h10-15,18-19,31,39H,8-9,16-17H2,1-7H3,(H,32,37)(H,33,38). The van der Waals surface area contributed by atoms with Crippen LogP contribution in [0.25, 0.3) is 5.65 Å². The molecule has 39 heavy (non-hydrogen) atoms. The summed E-state index contributed by atoms with van der Waals surface area (Å²) in [6.07, 6.45) is 5.13. The molecule has 2 atom stereocenters. The summed E-state index contributed by atoms with van der Waals surface area (Å²) in [5.41, 5.74) is 0.453. The molecule has 210 valence electrons. The van der Waals surface area contributed by atoms with Crippen LogP contribution >= 0.6 is 0 Å². The van der Waals surface area contributed by atoms with Crippen molar-refractivity contribution < 1.29 is 19.5 Å². The van der Waals surface area contributed by atoms with E-state index in [9.17, 15) is 19.5 Å². The van der Waals surface area contributed by atoms with Crippen LogP contribution in [0.5, 0.6) is 0 Å². The van der Waals surface area contributed by atoms with E-state index in [4.69, 9.17) is 0 Å². The molecule has 0 aliphatic carbocycles. The molecule has 9 heteroatoms. The van der Waals surface area contributed by atoms with E-state index in [0.29, 0.717) is 54.1 Å². The van der Waals surface area contributed by atoms with Crippen LogP contribution in [-0.2, 0) is 4.79 Å². The van der Waals surface area contributed by atoms with E-state index in [1.807, 2.05) is 41.5 Å². The number of carbonyl (C=O) groups is 3. The van der Waals surface area contributed by atoms with Gasteiger partial charge < -0.3 is 25.5 Å². The SMILES string of the molecule is CCC(C)(O)CCNC(C)(CC)C(=O)Nc1ccc(C(=O)Nc2ccc3nc(C(=O)C(C)(C)C)cn3c2)cc1. The fraction of sp³-hybridized carbons (Fsp3) is 0.467. The number of aliphatic hydroxyl groups is 1. The van der Waals surface area contributed by atoms with Crippen LogP contribution in [0, 0.1) is 5.41 Å². The molecule has 0 aliphatic rings. The van der Waals surface area contributed by atoms with Gasteiger partial charge in [0.05, 0.1) is 16.8 Å². The van der Waals surface area contributed by atoms with Gasteiger partial charge in [0.1, 0.15) is 11.3 Å². The lowest BCUT2D eigenvalue weighted by Crippen LogP contribution is -2.53. The van der Waals surface area contributed by atoms with Crippen LogP contribution < -0.4 is 16.0 Å². The van der Waals surface area contributed by atoms with Gasteiger partial charge in [-0.1, -0.05) is 34.6 Å². The summed E-state index contributed by atoms with van der Waals surface area (Å²) >= 11 is 0. The van der Waals surface area contributed by atoms with E-state index >= 15 is 0 Å². The highest BCUT2D eigenvalue weighted by Gasteiger charge is 2.31. The van der Waals surface area contributed by atoms with Gasteiger partial charge in [-0.05, 0) is 76.1 Å². The number of aromatic nitrogens is 2. The van der Waals surface area contributed by atoms with Crippen LogP contribution in [-0.4, -0.2) is 49.8 Å². The predicted octanol–water partition coefficient (Wildman–Crippen LogP) is 5.06. The molecule has 0 radical (unpaired) electrons. The zero-order chi connectivity index (χ0) is 29.0. The summed E-state index contributed by atoms with van der Waals surface area (Å²) in [5.74, 6) is -0.540. The molecule has 3 aromatic rings. The number of nitrogens with zero attached hydrogens (tertiary/aromatic N) is 2. The van der Waals surface area contributed by atoms with Crippen LogP contribution in [0.1, 0.15) is 88.6 Å². The van der Waals surface area contributed by atoms with Crippen LogP contribution in [0.2, 0.25) is 0 Å². The van der Waals surface area contributed by atoms with E-state index in [1.165, 1.54) is 0 Å². The molecule has 3 rings (SSSR count). The molecule has 0 fully saturated rings. The van der Waals surface area contributed by atoms with Crippen LogP contribution in [0.4, 0.5) is 11.4 Å². The Kier molecular flexibility index (Phi) is 8.98. The lowest BCUT2D eigenvalue weighted by atomic mass is 9.89. The monoisotopic (exact) mass is 535 g/mol. The molecule has 2 unspecified atom stereocenters. The number of carbonyl (C=O) groups excluding carboxylic acids is 3. The Hall–Kier alpha value is -3.56. The van der Waals surface area contributed by atoms with E-state index in [-0.39, 0.29) is 17.6 Å². The van der Waals surface area contributed by atoms with Crippen molar-refractivity contribution in [3.8, 4) is 0 Å². The highest BCUT2D eigenvalue weighted by molar-refractivity contribution is 6.05. The third-order valence-electron chi connectivity index (χ3n) is 7.18. The molecule has 2 heterocycles. The van der Waals surface area contributed by atoms with Crippen molar-refractivity contribution in [1.29, 1.82) is 0 Å². The number of fused-ring (bicyclic) bond motifs is 1. The van der Waals surface area contributed by atoms with Gasteiger partial charge in [0, 0.05) is 29.1 Å². The van der Waals surface area contributed by atoms with Gasteiger partial charge in [-0.2, -0.15) is 0 Å². The Morgan fingerprint density at radius 1 is 0.872 bits per heavy atom. The molecule has 0 saturated heterocycles. The van der Waals surface area contributed by atoms with Gasteiger partial charge in [-0.15, -0.1) is 0 Å². The number of amides is 2. The molecule has 0 spiro atoms. The summed E-state index contributed by atoms with van der Waals surface area (Å²) in [4.78, 5) is 42.8. The average Bonchev–Trinajstić information content (AvgIpc) is 3.31. The summed E-state index contributed by atoms with van der Waals surface area (Å²) in [5, 5.41) is 19.3. The quantitative estimate of drug-likeness (QED) is 0.254. The zero-order valence-electron chi connectivity index (χ0n) is 24.0. The molecule has 0 saturated carbocycles. The molecule has 4 N–H and O–H groups in total. The van der Waals surface area contributed by atoms with Gasteiger partial charge in [-0.25, -0.2) is 4.98 Å². The van der Waals surface area contributed by atoms with Gasteiger partial charge in [0.2, 0.25) is 5.91 Å². The second kappa shape index (κ2) is 11.7. The van der Waals surface area contributed by atoms with Crippen molar-refractivity contribution in [2.24, 2.45) is 5.41 Å². The molecule has 1 aromatic carbocycles. The molecular weight excluding hydrogens is 494 g/mol. The van der Waals surface area contributed by atoms with Crippen molar-refractivity contribution >= 4 is 34.6 Å². The first-order chi connectivity index (χ1) is 18.2. The van der Waals surface area contributed by atoms with Crippen molar-refractivity contribution in [1.82, 2.24) is 14.7 Å². The highest BCUT2D eigenvalue weighted by Crippen LogP contribution is 2.22. The summed E-state index contributed by atoms with van der Waals surface area (Å²) in [6, 6.07) is 10.2. The van der Waals surface area contributed by atoms with E-state index in [1.54, 1.807) is 60.1 Å². The fourth-order valence-electron chi connectivity index (χ4n) is 3.89. The number of ketones is 1. The van der Waals surface area contributed by atoms with Crippen LogP contribution in [0.15, 0.2) is 48.8 Å². The number of rotatable bonds is 11. The normalized spacial score (nSPS) is 14.9. The number of anilines is 2. The first-order valence-electron chi connectivity index (χ1n) is 13.4. The summed E-state index contributed by atoms with van der Waals surface area (Å²) < 4.78 is 1.72. The predicted molar refractivity (Wildman–Crippen MR) is 154 cm³/mol. The second-order valence-corrected chi connectivity index (χ2v) is 11.6. The number of benzene rings is 1. The van der Waals surface area contributed by atoms with Crippen molar-refractivity contribution in [2.75, 3.05) is 17.2 Å². The van der Waals surface area contributed by atoms with Gasteiger partial charge in [0.15, 0.2) is 5.78 Å². The smallest absolute Gasteiger partial charge is 0.255 e. The van der Waals surface area contributed by atoms with E-state index in [2.05, 4.69) is 20.9 Å². The lowest BCUT2D eigenvalue weighted by Gasteiger charge is -2.30. The van der Waals surface area contributed by atoms with Crippen molar-refractivity contribution in [2.45, 2.75) is 78.9 Å². The van der Waals surface area contributed by atoms with Crippen LogP contribution in [0.3, 0.4) is 0 Å². The maximum Gasteiger partial charge on any atom is 0.255 e. The Balaban J connectivity index is 1.63. The number of hydrogen-bond acceptors (Lipinski definition) is 6. The minimum Gasteiger partial charge on any atom is -0.390 e. The minimum atomic E-state index is -0.802. The molecule has 2 amide bonds. The van der Waals surface area contributed by atoms with Gasteiger partial charge in [-0.3, -0.25) is 14.4 Å². The molecule has 0 bridgehead atoms. The largest absolute Gasteiger partial charge is 0.390 e. The summed E-state index contributed by atoms with van der Waals surface area (Å²) in [7, 11) is 0. The Morgan fingerprint density at radius 2 is 1.51 bits per heavy atom. The number of Topliss-reactive ketones (excluding diaryl/α,β-unsaturated/α-hetero) is 1. The second-order valence-electron chi connectivity index (χ2n) is 11.6. The maximum atomic E-state index is 13.0. The maximum absolute atomic E-state index is 13.0. The Morgan fingerprint density at radius 3 is 2.10 bits per heavy atom. The third kappa shape index (κ3) is 7.52. The molecule has 9 nitrogen and oxygen atoms in total. The summed E-state index contributed by atoms with van der Waals surface area (Å²) in [6.45, 7) is 13.5. The number of hydrogen-bond donors (Lipinski definition) is 4. The minimum absolute atomic E-state index is 0.0522. The lowest BCUT2D eigenvalue weighted by molar-refractivity contribution is -0.122. The zero-order valence-corrected chi connectivity index (χ0v) is 24.0. The van der Waals surface area contributed by atoms with Gasteiger partial charge >= 0.3 is 0 Å².